The minimum absolute atomic E-state index is 0.0583. The molecule has 23 heavy (non-hydrogen) atoms. The third-order valence-electron chi connectivity index (χ3n) is 3.28. The molecule has 0 bridgehead atoms. The summed E-state index contributed by atoms with van der Waals surface area (Å²) in [6, 6.07) is 6.41. The van der Waals surface area contributed by atoms with Crippen LogP contribution in [0, 0.1) is 0 Å². The van der Waals surface area contributed by atoms with Crippen LogP contribution in [0.3, 0.4) is 0 Å². The monoisotopic (exact) mass is 318 g/mol. The van der Waals surface area contributed by atoms with E-state index >= 15 is 0 Å². The molecule has 0 spiro atoms. The molecule has 3 N–H and O–H groups in total. The van der Waals surface area contributed by atoms with Crippen LogP contribution in [0.1, 0.15) is 23.2 Å². The number of aliphatic carboxylic acids is 1. The van der Waals surface area contributed by atoms with Gasteiger partial charge < -0.3 is 20.5 Å². The lowest BCUT2D eigenvalue weighted by molar-refractivity contribution is -0.131. The number of hydrogen-bond donors (Lipinski definition) is 3. The number of hydrogen-bond acceptors (Lipinski definition) is 4. The van der Waals surface area contributed by atoms with Crippen molar-refractivity contribution in [2.75, 3.05) is 18.5 Å². The summed E-state index contributed by atoms with van der Waals surface area (Å²) in [4.78, 5) is 34.0. The van der Waals surface area contributed by atoms with Gasteiger partial charge in [-0.15, -0.1) is 0 Å². The molecule has 122 valence electrons. The van der Waals surface area contributed by atoms with Crippen molar-refractivity contribution in [3.8, 4) is 0 Å². The first kappa shape index (κ1) is 16.7. The lowest BCUT2D eigenvalue weighted by atomic mass is 10.1. The molecule has 0 radical (unpaired) electrons. The van der Waals surface area contributed by atoms with E-state index in [1.807, 2.05) is 0 Å². The minimum atomic E-state index is -1.21. The summed E-state index contributed by atoms with van der Waals surface area (Å²) in [7, 11) is 0. The summed E-state index contributed by atoms with van der Waals surface area (Å²) in [6.07, 6.45) is 3.65. The van der Waals surface area contributed by atoms with E-state index in [0.29, 0.717) is 17.8 Å². The van der Waals surface area contributed by atoms with Crippen molar-refractivity contribution in [3.63, 3.8) is 0 Å². The van der Waals surface area contributed by atoms with Gasteiger partial charge in [0, 0.05) is 36.6 Å². The third-order valence-corrected chi connectivity index (χ3v) is 3.28. The highest BCUT2D eigenvalue weighted by molar-refractivity contribution is 6.03. The lowest BCUT2D eigenvalue weighted by Crippen LogP contribution is -2.31. The van der Waals surface area contributed by atoms with Crippen molar-refractivity contribution >= 4 is 23.5 Å². The molecule has 1 atom stereocenters. The Morgan fingerprint density at radius 3 is 2.83 bits per heavy atom. The number of ether oxygens (including phenoxy) is 1. The van der Waals surface area contributed by atoms with Crippen LogP contribution in [0.5, 0.6) is 0 Å². The number of rotatable bonds is 6. The van der Waals surface area contributed by atoms with Gasteiger partial charge in [0.25, 0.3) is 5.91 Å². The van der Waals surface area contributed by atoms with Crippen LogP contribution in [-0.2, 0) is 14.3 Å². The van der Waals surface area contributed by atoms with E-state index in [1.54, 1.807) is 18.2 Å². The predicted molar refractivity (Wildman–Crippen MR) is 83.2 cm³/mol. The Morgan fingerprint density at radius 2 is 2.13 bits per heavy atom. The zero-order chi connectivity index (χ0) is 16.7. The molecule has 2 amide bonds. The summed E-state index contributed by atoms with van der Waals surface area (Å²) in [5.41, 5.74) is 0.817. The quantitative estimate of drug-likeness (QED) is 0.683. The Kier molecular flexibility index (Phi) is 5.87. The van der Waals surface area contributed by atoms with Crippen molar-refractivity contribution in [3.05, 3.63) is 42.0 Å². The maximum Gasteiger partial charge on any atom is 0.328 e. The van der Waals surface area contributed by atoms with Crippen LogP contribution in [0.25, 0.3) is 0 Å². The maximum absolute atomic E-state index is 12.1. The Hall–Kier alpha value is -2.67. The Labute approximate surface area is 133 Å². The molecule has 1 aromatic rings. The average molecular weight is 318 g/mol. The standard InChI is InChI=1S/C16H18N2O5/c19-14(6-7-15(20)21)18-12-4-1-3-11(9-12)16(22)17-10-13-5-2-8-23-13/h1,3-4,6-7,9,13H,2,5,8,10H2,(H,17,22)(H,18,19)(H,20,21)/b7-6-/t13-/m1/s1. The van der Waals surface area contributed by atoms with Crippen LogP contribution in [-0.4, -0.2) is 42.1 Å². The highest BCUT2D eigenvalue weighted by atomic mass is 16.5. The molecule has 0 saturated carbocycles. The van der Waals surface area contributed by atoms with Gasteiger partial charge in [-0.25, -0.2) is 4.79 Å². The number of anilines is 1. The molecule has 1 aliphatic rings. The Balaban J connectivity index is 1.91. The highest BCUT2D eigenvalue weighted by Crippen LogP contribution is 2.13. The van der Waals surface area contributed by atoms with Gasteiger partial charge in [-0.1, -0.05) is 6.07 Å². The van der Waals surface area contributed by atoms with Crippen molar-refractivity contribution in [2.45, 2.75) is 18.9 Å². The number of carbonyl (C=O) groups is 3. The van der Waals surface area contributed by atoms with Crippen molar-refractivity contribution in [1.29, 1.82) is 0 Å². The fraction of sp³-hybridized carbons (Fsp3) is 0.312. The zero-order valence-corrected chi connectivity index (χ0v) is 12.5. The van der Waals surface area contributed by atoms with E-state index < -0.39 is 11.9 Å². The smallest absolute Gasteiger partial charge is 0.328 e. The normalized spacial score (nSPS) is 17.1. The molecular weight excluding hydrogens is 300 g/mol. The zero-order valence-electron chi connectivity index (χ0n) is 12.5. The fourth-order valence-electron chi connectivity index (χ4n) is 2.18. The summed E-state index contributed by atoms with van der Waals surface area (Å²) >= 11 is 0. The van der Waals surface area contributed by atoms with E-state index in [4.69, 9.17) is 9.84 Å². The van der Waals surface area contributed by atoms with Gasteiger partial charge in [-0.3, -0.25) is 9.59 Å². The van der Waals surface area contributed by atoms with E-state index in [9.17, 15) is 14.4 Å². The molecule has 1 aliphatic heterocycles. The van der Waals surface area contributed by atoms with Crippen molar-refractivity contribution < 1.29 is 24.2 Å². The molecule has 2 rings (SSSR count). The molecule has 1 saturated heterocycles. The van der Waals surface area contributed by atoms with Crippen LogP contribution in [0.2, 0.25) is 0 Å². The third kappa shape index (κ3) is 5.55. The van der Waals surface area contributed by atoms with Gasteiger partial charge in [0.15, 0.2) is 0 Å². The summed E-state index contributed by atoms with van der Waals surface area (Å²) in [6.45, 7) is 1.18. The van der Waals surface area contributed by atoms with Crippen molar-refractivity contribution in [1.82, 2.24) is 5.32 Å². The second kappa shape index (κ2) is 8.09. The Bertz CT molecular complexity index is 621. The van der Waals surface area contributed by atoms with E-state index in [2.05, 4.69) is 10.6 Å². The number of amides is 2. The van der Waals surface area contributed by atoms with Crippen LogP contribution in [0.15, 0.2) is 36.4 Å². The molecule has 7 heteroatoms. The van der Waals surface area contributed by atoms with E-state index in [1.165, 1.54) is 6.07 Å². The number of carbonyl (C=O) groups excluding carboxylic acids is 2. The summed E-state index contributed by atoms with van der Waals surface area (Å²) in [5.74, 6) is -2.04. The fourth-order valence-corrected chi connectivity index (χ4v) is 2.18. The van der Waals surface area contributed by atoms with Crippen LogP contribution >= 0.6 is 0 Å². The van der Waals surface area contributed by atoms with Gasteiger partial charge in [-0.2, -0.15) is 0 Å². The summed E-state index contributed by atoms with van der Waals surface area (Å²) < 4.78 is 5.43. The van der Waals surface area contributed by atoms with Gasteiger partial charge >= 0.3 is 5.97 Å². The second-order valence-electron chi connectivity index (χ2n) is 5.09. The first-order valence-corrected chi connectivity index (χ1v) is 7.26. The van der Waals surface area contributed by atoms with Crippen molar-refractivity contribution in [2.24, 2.45) is 0 Å². The first-order valence-electron chi connectivity index (χ1n) is 7.26. The SMILES string of the molecule is O=C(O)/C=C\C(=O)Nc1cccc(C(=O)NC[C@H]2CCCO2)c1. The largest absolute Gasteiger partial charge is 0.478 e. The second-order valence-corrected chi connectivity index (χ2v) is 5.09. The molecule has 1 aromatic carbocycles. The number of carboxylic acids is 1. The van der Waals surface area contributed by atoms with Gasteiger partial charge in [0.05, 0.1) is 6.10 Å². The molecular formula is C16H18N2O5. The van der Waals surface area contributed by atoms with Gasteiger partial charge in [0.1, 0.15) is 0 Å². The molecule has 0 aliphatic carbocycles. The summed E-state index contributed by atoms with van der Waals surface area (Å²) in [5, 5.41) is 13.8. The first-order chi connectivity index (χ1) is 11.0. The molecule has 7 nitrogen and oxygen atoms in total. The average Bonchev–Trinajstić information content (AvgIpc) is 3.04. The van der Waals surface area contributed by atoms with E-state index in [0.717, 1.165) is 31.6 Å². The molecule has 0 aromatic heterocycles. The minimum Gasteiger partial charge on any atom is -0.478 e. The molecule has 1 heterocycles. The van der Waals surface area contributed by atoms with Gasteiger partial charge in [-0.05, 0) is 31.0 Å². The number of benzene rings is 1. The number of carboxylic acid groups (broad SMARTS) is 1. The maximum atomic E-state index is 12.1. The predicted octanol–water partition coefficient (Wildman–Crippen LogP) is 1.17. The molecule has 0 unspecified atom stereocenters. The molecule has 1 fully saturated rings. The Morgan fingerprint density at radius 1 is 1.30 bits per heavy atom. The number of nitrogens with one attached hydrogen (secondary N) is 2. The lowest BCUT2D eigenvalue weighted by Gasteiger charge is -2.11. The van der Waals surface area contributed by atoms with Crippen LogP contribution < -0.4 is 10.6 Å². The van der Waals surface area contributed by atoms with Crippen LogP contribution in [0.4, 0.5) is 5.69 Å². The van der Waals surface area contributed by atoms with E-state index in [-0.39, 0.29) is 12.0 Å². The highest BCUT2D eigenvalue weighted by Gasteiger charge is 2.16. The van der Waals surface area contributed by atoms with Gasteiger partial charge in [0.2, 0.25) is 5.91 Å². The topological polar surface area (TPSA) is 105 Å².